The average Bonchev–Trinajstić information content (AvgIpc) is 3.10. The second-order valence-electron chi connectivity index (χ2n) is 7.28. The van der Waals surface area contributed by atoms with Gasteiger partial charge in [0.25, 0.3) is 5.91 Å². The topological polar surface area (TPSA) is 56.2 Å². The molecule has 0 radical (unpaired) electrons. The van der Waals surface area contributed by atoms with E-state index in [2.05, 4.69) is 10.4 Å². The Bertz CT molecular complexity index is 754. The van der Waals surface area contributed by atoms with Crippen molar-refractivity contribution in [3.8, 4) is 5.75 Å². The highest BCUT2D eigenvalue weighted by Crippen LogP contribution is 2.38. The third-order valence-corrected chi connectivity index (χ3v) is 5.33. The largest absolute Gasteiger partial charge is 0.483 e. The van der Waals surface area contributed by atoms with E-state index in [1.807, 2.05) is 37.6 Å². The average molecular weight is 390 g/mol. The van der Waals surface area contributed by atoms with Crippen LogP contribution in [-0.2, 0) is 18.3 Å². The molecule has 146 valence electrons. The molecule has 27 heavy (non-hydrogen) atoms. The number of ether oxygens (including phenoxy) is 1. The minimum Gasteiger partial charge on any atom is -0.483 e. The summed E-state index contributed by atoms with van der Waals surface area (Å²) >= 11 is 6.19. The summed E-state index contributed by atoms with van der Waals surface area (Å²) in [5.41, 5.74) is 2.33. The van der Waals surface area contributed by atoms with E-state index >= 15 is 0 Å². The van der Waals surface area contributed by atoms with Crippen molar-refractivity contribution in [2.75, 3.05) is 13.2 Å². The summed E-state index contributed by atoms with van der Waals surface area (Å²) in [5, 5.41) is 7.79. The Hall–Kier alpha value is -2.01. The number of nitrogens with one attached hydrogen (secondary N) is 1. The maximum absolute atomic E-state index is 12.1. The van der Waals surface area contributed by atoms with Crippen LogP contribution < -0.4 is 10.1 Å². The molecule has 1 fully saturated rings. The zero-order chi connectivity index (χ0) is 19.1. The summed E-state index contributed by atoms with van der Waals surface area (Å²) in [6.45, 7) is 0.668. The van der Waals surface area contributed by atoms with Crippen molar-refractivity contribution in [2.24, 2.45) is 7.05 Å². The highest BCUT2D eigenvalue weighted by atomic mass is 35.5. The highest BCUT2D eigenvalue weighted by Gasteiger charge is 2.20. The van der Waals surface area contributed by atoms with Crippen molar-refractivity contribution in [1.29, 1.82) is 0 Å². The summed E-state index contributed by atoms with van der Waals surface area (Å²) in [4.78, 5) is 12.1. The Labute approximate surface area is 166 Å². The van der Waals surface area contributed by atoms with Gasteiger partial charge in [-0.25, -0.2) is 0 Å². The Balaban J connectivity index is 1.45. The number of benzene rings is 1. The van der Waals surface area contributed by atoms with E-state index in [1.54, 1.807) is 4.68 Å². The van der Waals surface area contributed by atoms with Crippen LogP contribution in [-0.4, -0.2) is 28.8 Å². The van der Waals surface area contributed by atoms with E-state index in [9.17, 15) is 4.79 Å². The summed E-state index contributed by atoms with van der Waals surface area (Å²) in [5.74, 6) is 1.18. The number of amides is 1. The predicted octanol–water partition coefficient (Wildman–Crippen LogP) is 4.25. The van der Waals surface area contributed by atoms with Gasteiger partial charge in [0, 0.05) is 24.8 Å². The quantitative estimate of drug-likeness (QED) is 0.686. The fourth-order valence-corrected chi connectivity index (χ4v) is 3.88. The molecule has 1 amide bonds. The molecule has 0 unspecified atom stereocenters. The molecule has 6 heteroatoms. The molecular formula is C21H28ClN3O2. The third-order valence-electron chi connectivity index (χ3n) is 5.10. The Morgan fingerprint density at radius 2 is 2.15 bits per heavy atom. The number of aromatic nitrogens is 2. The SMILES string of the molecule is Cn1cc(CCCNC(=O)COc2ccc(Cl)cc2C2CCCCC2)cn1. The van der Waals surface area contributed by atoms with Gasteiger partial charge in [-0.3, -0.25) is 9.48 Å². The van der Waals surface area contributed by atoms with Gasteiger partial charge in [-0.05, 0) is 60.9 Å². The van der Waals surface area contributed by atoms with Crippen molar-refractivity contribution >= 4 is 17.5 Å². The molecule has 1 aromatic heterocycles. The summed E-state index contributed by atoms with van der Waals surface area (Å²) in [6, 6.07) is 5.72. The molecule has 1 heterocycles. The van der Waals surface area contributed by atoms with Gasteiger partial charge in [0.1, 0.15) is 5.75 Å². The third kappa shape index (κ3) is 5.99. The standard InChI is InChI=1S/C21H28ClN3O2/c1-25-14-16(13-24-25)6-5-11-23-21(26)15-27-20-10-9-18(22)12-19(20)17-7-3-2-4-8-17/h9-10,12-14,17H,2-8,11,15H2,1H3,(H,23,26). The first-order valence-corrected chi connectivity index (χ1v) is 10.2. The number of carbonyl (C=O) groups excluding carboxylic acids is 1. The monoisotopic (exact) mass is 389 g/mol. The van der Waals surface area contributed by atoms with Gasteiger partial charge in [-0.2, -0.15) is 5.10 Å². The molecule has 0 atom stereocenters. The van der Waals surface area contributed by atoms with Crippen molar-refractivity contribution in [1.82, 2.24) is 15.1 Å². The van der Waals surface area contributed by atoms with Gasteiger partial charge in [0.2, 0.25) is 0 Å². The van der Waals surface area contributed by atoms with Gasteiger partial charge in [0.15, 0.2) is 6.61 Å². The van der Waals surface area contributed by atoms with Gasteiger partial charge in [0.05, 0.1) is 6.20 Å². The summed E-state index contributed by atoms with van der Waals surface area (Å²) < 4.78 is 7.63. The smallest absolute Gasteiger partial charge is 0.257 e. The lowest BCUT2D eigenvalue weighted by molar-refractivity contribution is -0.123. The molecule has 0 aliphatic heterocycles. The lowest BCUT2D eigenvalue weighted by atomic mass is 9.84. The van der Waals surface area contributed by atoms with E-state index in [4.69, 9.17) is 16.3 Å². The summed E-state index contributed by atoms with van der Waals surface area (Å²) in [7, 11) is 1.90. The van der Waals surface area contributed by atoms with Crippen LogP contribution in [0, 0.1) is 0 Å². The first-order valence-electron chi connectivity index (χ1n) is 9.78. The molecule has 1 aliphatic rings. The molecule has 3 rings (SSSR count). The lowest BCUT2D eigenvalue weighted by Gasteiger charge is -2.24. The first-order chi connectivity index (χ1) is 13.1. The van der Waals surface area contributed by atoms with Crippen LogP contribution in [0.3, 0.4) is 0 Å². The molecule has 0 spiro atoms. The Kier molecular flexibility index (Phi) is 7.16. The summed E-state index contributed by atoms with van der Waals surface area (Å²) in [6.07, 6.45) is 11.8. The lowest BCUT2D eigenvalue weighted by Crippen LogP contribution is -2.30. The number of carbonyl (C=O) groups is 1. The maximum Gasteiger partial charge on any atom is 0.257 e. The Morgan fingerprint density at radius 1 is 1.33 bits per heavy atom. The van der Waals surface area contributed by atoms with Crippen LogP contribution in [0.2, 0.25) is 5.02 Å². The second kappa shape index (κ2) is 9.79. The minimum absolute atomic E-state index is 0.0360. The van der Waals surface area contributed by atoms with Crippen molar-refractivity contribution in [3.63, 3.8) is 0 Å². The van der Waals surface area contributed by atoms with Crippen LogP contribution in [0.15, 0.2) is 30.6 Å². The molecular weight excluding hydrogens is 362 g/mol. The first kappa shape index (κ1) is 19.7. The molecule has 1 N–H and O–H groups in total. The number of hydrogen-bond acceptors (Lipinski definition) is 3. The highest BCUT2D eigenvalue weighted by molar-refractivity contribution is 6.30. The fraction of sp³-hybridized carbons (Fsp3) is 0.524. The number of rotatable bonds is 8. The number of aryl methyl sites for hydroxylation is 2. The minimum atomic E-state index is -0.0919. The van der Waals surface area contributed by atoms with Crippen LogP contribution in [0.1, 0.15) is 55.6 Å². The van der Waals surface area contributed by atoms with E-state index in [-0.39, 0.29) is 12.5 Å². The van der Waals surface area contributed by atoms with E-state index in [0.717, 1.165) is 42.0 Å². The Morgan fingerprint density at radius 3 is 2.89 bits per heavy atom. The van der Waals surface area contributed by atoms with Gasteiger partial charge in [-0.15, -0.1) is 0 Å². The van der Waals surface area contributed by atoms with Crippen LogP contribution >= 0.6 is 11.6 Å². The molecule has 5 nitrogen and oxygen atoms in total. The van der Waals surface area contributed by atoms with Crippen LogP contribution in [0.4, 0.5) is 0 Å². The van der Waals surface area contributed by atoms with Crippen molar-refractivity contribution < 1.29 is 9.53 Å². The molecule has 1 aliphatic carbocycles. The zero-order valence-electron chi connectivity index (χ0n) is 15.9. The fourth-order valence-electron chi connectivity index (χ4n) is 3.70. The predicted molar refractivity (Wildman–Crippen MR) is 107 cm³/mol. The molecule has 2 aromatic rings. The zero-order valence-corrected chi connectivity index (χ0v) is 16.7. The van der Waals surface area contributed by atoms with Gasteiger partial charge in [-0.1, -0.05) is 30.9 Å². The van der Waals surface area contributed by atoms with E-state index < -0.39 is 0 Å². The van der Waals surface area contributed by atoms with Crippen LogP contribution in [0.5, 0.6) is 5.75 Å². The number of hydrogen-bond donors (Lipinski definition) is 1. The number of halogens is 1. The number of nitrogens with zero attached hydrogens (tertiary/aromatic N) is 2. The second-order valence-corrected chi connectivity index (χ2v) is 7.72. The van der Waals surface area contributed by atoms with Crippen LogP contribution in [0.25, 0.3) is 0 Å². The molecule has 1 saturated carbocycles. The molecule has 0 bridgehead atoms. The van der Waals surface area contributed by atoms with Gasteiger partial charge < -0.3 is 10.1 Å². The van der Waals surface area contributed by atoms with Crippen molar-refractivity contribution in [3.05, 3.63) is 46.7 Å². The maximum atomic E-state index is 12.1. The van der Waals surface area contributed by atoms with E-state index in [1.165, 1.54) is 24.8 Å². The van der Waals surface area contributed by atoms with E-state index in [0.29, 0.717) is 12.5 Å². The molecule has 0 saturated heterocycles. The normalized spacial score (nSPS) is 14.9. The molecule has 1 aromatic carbocycles. The van der Waals surface area contributed by atoms with Crippen molar-refractivity contribution in [2.45, 2.75) is 50.9 Å². The van der Waals surface area contributed by atoms with Gasteiger partial charge >= 0.3 is 0 Å².